The SMILES string of the molecule is CCS(=O)(=O)c1cc(-c2cnc3ccccc3c2)cnc1-n1nc2ccc(C(F)(F)F)cn2c1=O. The van der Waals surface area contributed by atoms with Crippen molar-refractivity contribution in [1.29, 1.82) is 0 Å². The summed E-state index contributed by atoms with van der Waals surface area (Å²) < 4.78 is 66.6. The van der Waals surface area contributed by atoms with Gasteiger partial charge in [-0.25, -0.2) is 22.6 Å². The van der Waals surface area contributed by atoms with Crippen molar-refractivity contribution in [2.45, 2.75) is 18.0 Å². The number of aromatic nitrogens is 5. The van der Waals surface area contributed by atoms with Gasteiger partial charge < -0.3 is 0 Å². The summed E-state index contributed by atoms with van der Waals surface area (Å²) in [6.45, 7) is 1.44. The van der Waals surface area contributed by atoms with E-state index in [1.54, 1.807) is 6.20 Å². The number of sulfone groups is 1. The maximum atomic E-state index is 13.1. The summed E-state index contributed by atoms with van der Waals surface area (Å²) in [7, 11) is -3.91. The molecule has 4 heterocycles. The molecule has 4 aromatic heterocycles. The topological polar surface area (TPSA) is 99.2 Å². The number of para-hydroxylation sites is 1. The third-order valence-electron chi connectivity index (χ3n) is 5.52. The van der Waals surface area contributed by atoms with Gasteiger partial charge in [0.2, 0.25) is 0 Å². The van der Waals surface area contributed by atoms with Crippen LogP contribution in [0.4, 0.5) is 13.2 Å². The summed E-state index contributed by atoms with van der Waals surface area (Å²) in [5, 5.41) is 4.86. The summed E-state index contributed by atoms with van der Waals surface area (Å²) in [6.07, 6.45) is -1.10. The third-order valence-corrected chi connectivity index (χ3v) is 7.25. The van der Waals surface area contributed by atoms with Gasteiger partial charge in [0.1, 0.15) is 4.90 Å². The van der Waals surface area contributed by atoms with E-state index < -0.39 is 27.3 Å². The molecule has 0 saturated carbocycles. The molecule has 5 aromatic rings. The zero-order valence-corrected chi connectivity index (χ0v) is 18.9. The highest BCUT2D eigenvalue weighted by molar-refractivity contribution is 7.91. The van der Waals surface area contributed by atoms with Crippen LogP contribution in [0.3, 0.4) is 0 Å². The van der Waals surface area contributed by atoms with E-state index in [0.717, 1.165) is 23.0 Å². The van der Waals surface area contributed by atoms with Crippen molar-refractivity contribution in [2.24, 2.45) is 0 Å². The van der Waals surface area contributed by atoms with Crippen LogP contribution in [-0.4, -0.2) is 38.3 Å². The average molecular weight is 499 g/mol. The molecular weight excluding hydrogens is 483 g/mol. The van der Waals surface area contributed by atoms with Crippen LogP contribution in [-0.2, 0) is 16.0 Å². The van der Waals surface area contributed by atoms with E-state index in [4.69, 9.17) is 0 Å². The number of nitrogens with zero attached hydrogens (tertiary/aromatic N) is 5. The first-order chi connectivity index (χ1) is 16.6. The van der Waals surface area contributed by atoms with Crippen LogP contribution in [0, 0.1) is 0 Å². The average Bonchev–Trinajstić information content (AvgIpc) is 3.18. The lowest BCUT2D eigenvalue weighted by Crippen LogP contribution is -2.23. The van der Waals surface area contributed by atoms with Gasteiger partial charge in [-0.15, -0.1) is 5.10 Å². The predicted octanol–water partition coefficient (Wildman–Crippen LogP) is 3.91. The number of benzene rings is 1. The Morgan fingerprint density at radius 3 is 2.43 bits per heavy atom. The highest BCUT2D eigenvalue weighted by atomic mass is 32.2. The molecule has 35 heavy (non-hydrogen) atoms. The Kier molecular flexibility index (Phi) is 5.20. The zero-order chi connectivity index (χ0) is 25.0. The van der Waals surface area contributed by atoms with Gasteiger partial charge in [0.05, 0.1) is 16.8 Å². The Bertz CT molecular complexity index is 1780. The normalized spacial score (nSPS) is 12.5. The van der Waals surface area contributed by atoms with Crippen molar-refractivity contribution in [3.05, 3.63) is 83.2 Å². The number of fused-ring (bicyclic) bond motifs is 2. The molecule has 5 rings (SSSR count). The molecule has 0 aliphatic carbocycles. The van der Waals surface area contributed by atoms with Crippen LogP contribution in [0.1, 0.15) is 12.5 Å². The van der Waals surface area contributed by atoms with Crippen LogP contribution >= 0.6 is 0 Å². The molecule has 0 spiro atoms. The van der Waals surface area contributed by atoms with Crippen molar-refractivity contribution in [3.63, 3.8) is 0 Å². The highest BCUT2D eigenvalue weighted by Gasteiger charge is 2.31. The molecule has 0 radical (unpaired) electrons. The fourth-order valence-electron chi connectivity index (χ4n) is 3.65. The third kappa shape index (κ3) is 3.95. The van der Waals surface area contributed by atoms with E-state index in [2.05, 4.69) is 15.1 Å². The van der Waals surface area contributed by atoms with E-state index >= 15 is 0 Å². The van der Waals surface area contributed by atoms with E-state index in [9.17, 15) is 26.4 Å². The Labute approximate surface area is 196 Å². The molecule has 12 heteroatoms. The molecule has 0 amide bonds. The largest absolute Gasteiger partial charge is 0.417 e. The molecule has 0 unspecified atom stereocenters. The van der Waals surface area contributed by atoms with Gasteiger partial charge in [-0.3, -0.25) is 4.98 Å². The maximum absolute atomic E-state index is 13.1. The molecule has 178 valence electrons. The molecule has 0 aliphatic heterocycles. The zero-order valence-electron chi connectivity index (χ0n) is 18.1. The monoisotopic (exact) mass is 499 g/mol. The number of hydrogen-bond acceptors (Lipinski definition) is 6. The summed E-state index contributed by atoms with van der Waals surface area (Å²) in [4.78, 5) is 21.2. The van der Waals surface area contributed by atoms with E-state index in [1.807, 2.05) is 30.3 Å². The van der Waals surface area contributed by atoms with Gasteiger partial charge >= 0.3 is 11.9 Å². The van der Waals surface area contributed by atoms with Crippen LogP contribution in [0.2, 0.25) is 0 Å². The van der Waals surface area contributed by atoms with Gasteiger partial charge in [0.25, 0.3) is 0 Å². The number of hydrogen-bond donors (Lipinski definition) is 0. The van der Waals surface area contributed by atoms with Crippen molar-refractivity contribution >= 4 is 26.4 Å². The predicted molar refractivity (Wildman–Crippen MR) is 122 cm³/mol. The first-order valence-electron chi connectivity index (χ1n) is 10.4. The van der Waals surface area contributed by atoms with E-state index in [1.165, 1.54) is 19.2 Å². The molecule has 0 aliphatic rings. The highest BCUT2D eigenvalue weighted by Crippen LogP contribution is 2.30. The molecule has 0 fully saturated rings. The van der Waals surface area contributed by atoms with Gasteiger partial charge in [0.15, 0.2) is 21.3 Å². The van der Waals surface area contributed by atoms with Crippen molar-refractivity contribution < 1.29 is 21.6 Å². The lowest BCUT2D eigenvalue weighted by molar-refractivity contribution is -0.137. The lowest BCUT2D eigenvalue weighted by Gasteiger charge is -2.10. The quantitative estimate of drug-likeness (QED) is 0.372. The van der Waals surface area contributed by atoms with Gasteiger partial charge in [-0.2, -0.15) is 17.9 Å². The number of alkyl halides is 3. The van der Waals surface area contributed by atoms with E-state index in [0.29, 0.717) is 26.4 Å². The summed E-state index contributed by atoms with van der Waals surface area (Å²) >= 11 is 0. The second-order valence-electron chi connectivity index (χ2n) is 7.70. The maximum Gasteiger partial charge on any atom is 0.417 e. The number of halogens is 3. The molecule has 0 bridgehead atoms. The molecule has 0 atom stereocenters. The first kappa shape index (κ1) is 22.7. The first-order valence-corrected chi connectivity index (χ1v) is 12.0. The van der Waals surface area contributed by atoms with Crippen LogP contribution in [0.5, 0.6) is 0 Å². The molecule has 8 nitrogen and oxygen atoms in total. The second-order valence-corrected chi connectivity index (χ2v) is 9.95. The standard InChI is InChI=1S/C23H16F3N5O3S/c1-2-35(33,34)19-10-16(15-9-14-5-3-4-6-18(14)27-11-15)12-28-21(19)31-22(32)30-13-17(23(24,25)26)7-8-20(30)29-31/h3-13H,2H2,1H3. The van der Waals surface area contributed by atoms with Crippen molar-refractivity contribution in [3.8, 4) is 16.9 Å². The Balaban J connectivity index is 1.71. The van der Waals surface area contributed by atoms with Crippen LogP contribution in [0.25, 0.3) is 33.5 Å². The molecule has 0 saturated heterocycles. The number of rotatable bonds is 4. The second kappa shape index (κ2) is 8.01. The summed E-state index contributed by atoms with van der Waals surface area (Å²) in [5.74, 6) is -0.590. The van der Waals surface area contributed by atoms with Crippen molar-refractivity contribution in [2.75, 3.05) is 5.75 Å². The fourth-order valence-corrected chi connectivity index (χ4v) is 4.68. The van der Waals surface area contributed by atoms with Gasteiger partial charge in [-0.05, 0) is 30.3 Å². The summed E-state index contributed by atoms with van der Waals surface area (Å²) in [5.41, 5.74) is -0.307. The number of pyridine rings is 3. The van der Waals surface area contributed by atoms with Crippen LogP contribution < -0.4 is 5.69 Å². The Morgan fingerprint density at radius 1 is 0.971 bits per heavy atom. The van der Waals surface area contributed by atoms with Crippen LogP contribution in [0.15, 0.2) is 76.8 Å². The fraction of sp³-hybridized carbons (Fsp3) is 0.130. The smallest absolute Gasteiger partial charge is 0.256 e. The Hall–Kier alpha value is -4.06. The minimum atomic E-state index is -4.67. The van der Waals surface area contributed by atoms with Gasteiger partial charge in [-0.1, -0.05) is 25.1 Å². The van der Waals surface area contributed by atoms with Crippen molar-refractivity contribution in [1.82, 2.24) is 24.1 Å². The molecular formula is C23H16F3N5O3S. The molecule has 1 aromatic carbocycles. The molecule has 0 N–H and O–H groups in total. The van der Waals surface area contributed by atoms with Gasteiger partial charge in [0, 0.05) is 35.1 Å². The minimum Gasteiger partial charge on any atom is -0.256 e. The minimum absolute atomic E-state index is 0.0903. The van der Waals surface area contributed by atoms with E-state index in [-0.39, 0.29) is 22.1 Å². The summed E-state index contributed by atoms with van der Waals surface area (Å²) in [6, 6.07) is 12.4. The lowest BCUT2D eigenvalue weighted by atomic mass is 10.1. The Morgan fingerprint density at radius 2 is 1.69 bits per heavy atom.